The quantitative estimate of drug-likeness (QED) is 0.579. The molecule has 4 heterocycles. The van der Waals surface area contributed by atoms with Crippen LogP contribution in [0.15, 0.2) is 36.8 Å². The summed E-state index contributed by atoms with van der Waals surface area (Å²) in [5.41, 5.74) is 4.83. The van der Waals surface area contributed by atoms with E-state index in [9.17, 15) is 0 Å². The topological polar surface area (TPSA) is 77.9 Å². The van der Waals surface area contributed by atoms with E-state index in [-0.39, 0.29) is 6.10 Å². The lowest BCUT2D eigenvalue weighted by Gasteiger charge is -2.23. The number of fused-ring (bicyclic) bond motifs is 2. The maximum Gasteiger partial charge on any atom is 0.225 e. The van der Waals surface area contributed by atoms with E-state index in [1.165, 1.54) is 0 Å². The van der Waals surface area contributed by atoms with Crippen molar-refractivity contribution in [1.29, 1.82) is 0 Å². The van der Waals surface area contributed by atoms with Crippen LogP contribution in [0.3, 0.4) is 0 Å². The third kappa shape index (κ3) is 2.92. The summed E-state index contributed by atoms with van der Waals surface area (Å²) in [6, 6.07) is 8.56. The molecule has 0 amide bonds. The van der Waals surface area contributed by atoms with Crippen molar-refractivity contribution in [3.63, 3.8) is 0 Å². The Morgan fingerprint density at radius 1 is 1.18 bits per heavy atom. The van der Waals surface area contributed by atoms with Crippen molar-refractivity contribution in [2.45, 2.75) is 38.8 Å². The van der Waals surface area contributed by atoms with Gasteiger partial charge in [0.2, 0.25) is 5.88 Å². The molecule has 0 aliphatic carbocycles. The first-order chi connectivity index (χ1) is 13.7. The molecule has 5 rings (SSSR count). The second kappa shape index (κ2) is 6.91. The first-order valence-corrected chi connectivity index (χ1v) is 9.75. The van der Waals surface area contributed by atoms with Crippen LogP contribution in [0.1, 0.15) is 32.7 Å². The van der Waals surface area contributed by atoms with Gasteiger partial charge >= 0.3 is 0 Å². The Labute approximate surface area is 162 Å². The number of ether oxygens (including phenoxy) is 2. The number of hydrogen-bond acceptors (Lipinski definition) is 5. The van der Waals surface area contributed by atoms with E-state index in [4.69, 9.17) is 9.47 Å². The number of imidazole rings is 1. The Morgan fingerprint density at radius 2 is 2.04 bits per heavy atom. The molecule has 4 aromatic rings. The third-order valence-corrected chi connectivity index (χ3v) is 5.29. The molecule has 1 saturated heterocycles. The fourth-order valence-corrected chi connectivity index (χ4v) is 3.78. The molecule has 144 valence electrons. The lowest BCUT2D eigenvalue weighted by molar-refractivity contribution is 0.0244. The number of aromatic nitrogens is 5. The average molecular weight is 377 g/mol. The van der Waals surface area contributed by atoms with E-state index in [0.29, 0.717) is 11.9 Å². The standard InChI is InChI=1S/C21H23N5O2/c1-13(2)26-12-23-17-11-14(3-4-18(17)26)20-19-16(24-25-20)5-8-22-21(19)28-15-6-9-27-10-7-15/h3-5,8,11-13,15H,6-7,9-10H2,1-2H3,(H,24,25). The zero-order valence-corrected chi connectivity index (χ0v) is 16.1. The number of benzene rings is 1. The van der Waals surface area contributed by atoms with Crippen molar-refractivity contribution in [2.24, 2.45) is 0 Å². The van der Waals surface area contributed by atoms with E-state index in [1.807, 2.05) is 12.4 Å². The molecule has 0 unspecified atom stereocenters. The minimum Gasteiger partial charge on any atom is -0.474 e. The summed E-state index contributed by atoms with van der Waals surface area (Å²) in [5.74, 6) is 0.626. The van der Waals surface area contributed by atoms with Gasteiger partial charge in [-0.25, -0.2) is 9.97 Å². The molecule has 0 bridgehead atoms. The fourth-order valence-electron chi connectivity index (χ4n) is 3.78. The van der Waals surface area contributed by atoms with Gasteiger partial charge in [0, 0.05) is 30.6 Å². The van der Waals surface area contributed by atoms with Gasteiger partial charge in [-0.05, 0) is 32.0 Å². The van der Waals surface area contributed by atoms with Crippen molar-refractivity contribution >= 4 is 21.9 Å². The zero-order chi connectivity index (χ0) is 19.1. The van der Waals surface area contributed by atoms with Crippen molar-refractivity contribution in [2.75, 3.05) is 13.2 Å². The van der Waals surface area contributed by atoms with Gasteiger partial charge in [0.25, 0.3) is 0 Å². The first-order valence-electron chi connectivity index (χ1n) is 9.75. The van der Waals surface area contributed by atoms with Crippen LogP contribution in [-0.4, -0.2) is 44.1 Å². The number of nitrogens with zero attached hydrogens (tertiary/aromatic N) is 4. The van der Waals surface area contributed by atoms with E-state index in [1.54, 1.807) is 6.20 Å². The molecule has 1 aliphatic rings. The molecule has 1 fully saturated rings. The van der Waals surface area contributed by atoms with Crippen LogP contribution in [0.5, 0.6) is 5.88 Å². The average Bonchev–Trinajstić information content (AvgIpc) is 3.33. The van der Waals surface area contributed by atoms with Gasteiger partial charge in [-0.3, -0.25) is 5.10 Å². The highest BCUT2D eigenvalue weighted by Gasteiger charge is 2.20. The van der Waals surface area contributed by atoms with Crippen molar-refractivity contribution in [3.05, 3.63) is 36.8 Å². The number of aromatic amines is 1. The van der Waals surface area contributed by atoms with Gasteiger partial charge in [-0.1, -0.05) is 6.07 Å². The van der Waals surface area contributed by atoms with Gasteiger partial charge in [-0.15, -0.1) is 0 Å². The van der Waals surface area contributed by atoms with Crippen LogP contribution in [0.25, 0.3) is 33.2 Å². The van der Waals surface area contributed by atoms with Crippen molar-refractivity contribution in [3.8, 4) is 17.1 Å². The van der Waals surface area contributed by atoms with Gasteiger partial charge in [0.15, 0.2) is 0 Å². The van der Waals surface area contributed by atoms with Crippen LogP contribution in [0, 0.1) is 0 Å². The lowest BCUT2D eigenvalue weighted by atomic mass is 10.1. The Bertz CT molecular complexity index is 1120. The molecule has 1 aromatic carbocycles. The number of rotatable bonds is 4. The second-order valence-electron chi connectivity index (χ2n) is 7.49. The summed E-state index contributed by atoms with van der Waals surface area (Å²) < 4.78 is 13.8. The zero-order valence-electron chi connectivity index (χ0n) is 16.1. The Balaban J connectivity index is 1.58. The molecule has 7 heteroatoms. The highest BCUT2D eigenvalue weighted by Crippen LogP contribution is 2.34. The van der Waals surface area contributed by atoms with E-state index in [0.717, 1.165) is 59.2 Å². The summed E-state index contributed by atoms with van der Waals surface area (Å²) in [6.45, 7) is 5.77. The molecule has 1 N–H and O–H groups in total. The molecule has 0 radical (unpaired) electrons. The maximum absolute atomic E-state index is 6.24. The molecule has 1 aliphatic heterocycles. The minimum atomic E-state index is 0.124. The highest BCUT2D eigenvalue weighted by atomic mass is 16.5. The normalized spacial score (nSPS) is 15.7. The van der Waals surface area contributed by atoms with Crippen molar-refractivity contribution in [1.82, 2.24) is 24.7 Å². The first kappa shape index (κ1) is 17.2. The van der Waals surface area contributed by atoms with E-state index in [2.05, 4.69) is 56.8 Å². The number of H-pyrrole nitrogens is 1. The summed E-state index contributed by atoms with van der Waals surface area (Å²) in [6.07, 6.45) is 5.53. The van der Waals surface area contributed by atoms with Crippen molar-refractivity contribution < 1.29 is 9.47 Å². The molecule has 0 atom stereocenters. The predicted octanol–water partition coefficient (Wildman–Crippen LogP) is 4.11. The highest BCUT2D eigenvalue weighted by molar-refractivity contribution is 5.98. The van der Waals surface area contributed by atoms with E-state index >= 15 is 0 Å². The minimum absolute atomic E-state index is 0.124. The largest absolute Gasteiger partial charge is 0.474 e. The molecule has 28 heavy (non-hydrogen) atoms. The summed E-state index contributed by atoms with van der Waals surface area (Å²) >= 11 is 0. The third-order valence-electron chi connectivity index (χ3n) is 5.29. The van der Waals surface area contributed by atoms with Crippen LogP contribution in [0.4, 0.5) is 0 Å². The smallest absolute Gasteiger partial charge is 0.225 e. The lowest BCUT2D eigenvalue weighted by Crippen LogP contribution is -2.26. The summed E-state index contributed by atoms with van der Waals surface area (Å²) in [4.78, 5) is 9.08. The van der Waals surface area contributed by atoms with Crippen LogP contribution in [0.2, 0.25) is 0 Å². The molecular weight excluding hydrogens is 354 g/mol. The molecule has 0 saturated carbocycles. The number of hydrogen-bond donors (Lipinski definition) is 1. The summed E-state index contributed by atoms with van der Waals surface area (Å²) in [5, 5.41) is 8.59. The van der Waals surface area contributed by atoms with E-state index < -0.39 is 0 Å². The number of pyridine rings is 1. The Kier molecular flexibility index (Phi) is 4.24. The Hall–Kier alpha value is -2.93. The SMILES string of the molecule is CC(C)n1cnc2cc(-c3n[nH]c4ccnc(OC5CCOCC5)c34)ccc21. The number of nitrogens with one attached hydrogen (secondary N) is 1. The van der Waals surface area contributed by atoms with Gasteiger partial charge in [0.05, 0.1) is 41.5 Å². The molecule has 7 nitrogen and oxygen atoms in total. The second-order valence-corrected chi connectivity index (χ2v) is 7.49. The summed E-state index contributed by atoms with van der Waals surface area (Å²) in [7, 11) is 0. The van der Waals surface area contributed by atoms with Crippen LogP contribution in [-0.2, 0) is 4.74 Å². The molecular formula is C21H23N5O2. The van der Waals surface area contributed by atoms with Crippen LogP contribution >= 0.6 is 0 Å². The molecule has 0 spiro atoms. The van der Waals surface area contributed by atoms with Gasteiger partial charge < -0.3 is 14.0 Å². The van der Waals surface area contributed by atoms with Gasteiger partial charge in [-0.2, -0.15) is 5.10 Å². The monoisotopic (exact) mass is 377 g/mol. The predicted molar refractivity (Wildman–Crippen MR) is 107 cm³/mol. The maximum atomic E-state index is 6.24. The molecule has 3 aromatic heterocycles. The van der Waals surface area contributed by atoms with Gasteiger partial charge in [0.1, 0.15) is 11.8 Å². The fraction of sp³-hybridized carbons (Fsp3) is 0.381. The van der Waals surface area contributed by atoms with Crippen LogP contribution < -0.4 is 4.74 Å². The Morgan fingerprint density at radius 3 is 2.86 bits per heavy atom.